The molecule has 0 saturated carbocycles. The minimum absolute atomic E-state index is 0.645. The summed E-state index contributed by atoms with van der Waals surface area (Å²) in [5, 5.41) is 3.62. The summed E-state index contributed by atoms with van der Waals surface area (Å²) in [4.78, 5) is 2.89. The predicted molar refractivity (Wildman–Crippen MR) is 74.2 cm³/mol. The van der Waals surface area contributed by atoms with Crippen LogP contribution in [0, 0.1) is 13.8 Å². The number of hydrogen-bond donors (Lipinski definition) is 1. The zero-order chi connectivity index (χ0) is 12.0. The van der Waals surface area contributed by atoms with Gasteiger partial charge in [-0.25, -0.2) is 0 Å². The summed E-state index contributed by atoms with van der Waals surface area (Å²) < 4.78 is 0. The van der Waals surface area contributed by atoms with Crippen LogP contribution in [0.1, 0.15) is 54.8 Å². The van der Waals surface area contributed by atoms with Gasteiger partial charge >= 0.3 is 0 Å². The minimum Gasteiger partial charge on any atom is -0.310 e. The number of thiophene rings is 1. The van der Waals surface area contributed by atoms with Gasteiger partial charge in [-0.05, 0) is 38.8 Å². The van der Waals surface area contributed by atoms with E-state index in [0.717, 1.165) is 6.54 Å². The van der Waals surface area contributed by atoms with Gasteiger partial charge in [-0.2, -0.15) is 0 Å². The molecule has 0 saturated heterocycles. The Bertz CT molecular complexity index is 304. The van der Waals surface area contributed by atoms with Crippen molar-refractivity contribution in [3.05, 3.63) is 21.4 Å². The Morgan fingerprint density at radius 1 is 1.31 bits per heavy atom. The molecule has 16 heavy (non-hydrogen) atoms. The van der Waals surface area contributed by atoms with E-state index in [2.05, 4.69) is 39.1 Å². The fraction of sp³-hybridized carbons (Fsp3) is 0.714. The SMILES string of the molecule is CCCCCC(C)NCc1cc(C)sc1C. The first-order chi connectivity index (χ1) is 7.63. The fourth-order valence-corrected chi connectivity index (χ4v) is 2.89. The molecular weight excluding hydrogens is 214 g/mol. The van der Waals surface area contributed by atoms with Crippen LogP contribution in [0.2, 0.25) is 0 Å². The molecule has 1 aromatic rings. The lowest BCUT2D eigenvalue weighted by atomic mass is 10.1. The smallest absolute Gasteiger partial charge is 0.0218 e. The summed E-state index contributed by atoms with van der Waals surface area (Å²) in [5.74, 6) is 0. The molecule has 0 aliphatic carbocycles. The first-order valence-corrected chi connectivity index (χ1v) is 7.24. The van der Waals surface area contributed by atoms with Crippen LogP contribution in [0.15, 0.2) is 6.07 Å². The maximum Gasteiger partial charge on any atom is 0.0218 e. The van der Waals surface area contributed by atoms with Crippen LogP contribution in [-0.2, 0) is 6.54 Å². The van der Waals surface area contributed by atoms with Crippen LogP contribution < -0.4 is 5.32 Å². The van der Waals surface area contributed by atoms with E-state index in [9.17, 15) is 0 Å². The van der Waals surface area contributed by atoms with Crippen molar-refractivity contribution < 1.29 is 0 Å². The monoisotopic (exact) mass is 239 g/mol. The Balaban J connectivity index is 2.26. The standard InChI is InChI=1S/C14H25NS/c1-5-6-7-8-11(2)15-10-14-9-12(3)16-13(14)4/h9,11,15H,5-8,10H2,1-4H3. The van der Waals surface area contributed by atoms with Gasteiger partial charge in [0.1, 0.15) is 0 Å². The van der Waals surface area contributed by atoms with E-state index in [1.54, 1.807) is 0 Å². The second-order valence-electron chi connectivity index (χ2n) is 4.72. The van der Waals surface area contributed by atoms with Crippen molar-refractivity contribution >= 4 is 11.3 Å². The molecule has 92 valence electrons. The Morgan fingerprint density at radius 3 is 2.62 bits per heavy atom. The quantitative estimate of drug-likeness (QED) is 0.694. The van der Waals surface area contributed by atoms with Crippen LogP contribution in [0.4, 0.5) is 0 Å². The Morgan fingerprint density at radius 2 is 2.06 bits per heavy atom. The van der Waals surface area contributed by atoms with Crippen molar-refractivity contribution in [2.75, 3.05) is 0 Å². The van der Waals surface area contributed by atoms with Gasteiger partial charge in [-0.1, -0.05) is 26.2 Å². The van der Waals surface area contributed by atoms with Gasteiger partial charge < -0.3 is 5.32 Å². The lowest BCUT2D eigenvalue weighted by Gasteiger charge is -2.13. The van der Waals surface area contributed by atoms with Gasteiger partial charge in [0.05, 0.1) is 0 Å². The van der Waals surface area contributed by atoms with Gasteiger partial charge in [0.15, 0.2) is 0 Å². The first-order valence-electron chi connectivity index (χ1n) is 6.42. The number of rotatable bonds is 7. The molecule has 0 bridgehead atoms. The zero-order valence-corrected chi connectivity index (χ0v) is 11.9. The molecule has 1 unspecified atom stereocenters. The highest BCUT2D eigenvalue weighted by Gasteiger charge is 2.05. The van der Waals surface area contributed by atoms with E-state index in [4.69, 9.17) is 0 Å². The molecular formula is C14H25NS. The Hall–Kier alpha value is -0.340. The summed E-state index contributed by atoms with van der Waals surface area (Å²) in [6.07, 6.45) is 5.33. The molecule has 0 aromatic carbocycles. The number of hydrogen-bond acceptors (Lipinski definition) is 2. The van der Waals surface area contributed by atoms with Gasteiger partial charge in [0.25, 0.3) is 0 Å². The van der Waals surface area contributed by atoms with E-state index < -0.39 is 0 Å². The topological polar surface area (TPSA) is 12.0 Å². The molecule has 0 amide bonds. The molecule has 2 heteroatoms. The van der Waals surface area contributed by atoms with Crippen LogP contribution in [-0.4, -0.2) is 6.04 Å². The number of nitrogens with one attached hydrogen (secondary N) is 1. The van der Waals surface area contributed by atoms with E-state index in [0.29, 0.717) is 6.04 Å². The van der Waals surface area contributed by atoms with E-state index >= 15 is 0 Å². The van der Waals surface area contributed by atoms with Crippen molar-refractivity contribution in [1.82, 2.24) is 5.32 Å². The lowest BCUT2D eigenvalue weighted by Crippen LogP contribution is -2.25. The second-order valence-corrected chi connectivity index (χ2v) is 6.18. The lowest BCUT2D eigenvalue weighted by molar-refractivity contribution is 0.487. The van der Waals surface area contributed by atoms with Crippen molar-refractivity contribution in [2.24, 2.45) is 0 Å². The first kappa shape index (κ1) is 13.7. The van der Waals surface area contributed by atoms with Crippen LogP contribution in [0.5, 0.6) is 0 Å². The van der Waals surface area contributed by atoms with E-state index in [1.807, 2.05) is 11.3 Å². The maximum atomic E-state index is 3.62. The van der Waals surface area contributed by atoms with Crippen molar-refractivity contribution in [3.63, 3.8) is 0 Å². The highest BCUT2D eigenvalue weighted by molar-refractivity contribution is 7.12. The van der Waals surface area contributed by atoms with E-state index in [-0.39, 0.29) is 0 Å². The molecule has 0 fully saturated rings. The van der Waals surface area contributed by atoms with Crippen molar-refractivity contribution in [2.45, 2.75) is 66.0 Å². The molecule has 0 aliphatic rings. The summed E-state index contributed by atoms with van der Waals surface area (Å²) in [6, 6.07) is 2.96. The molecule has 1 heterocycles. The number of unbranched alkanes of at least 4 members (excludes halogenated alkanes) is 2. The highest BCUT2D eigenvalue weighted by atomic mass is 32.1. The molecule has 1 nitrogen and oxygen atoms in total. The predicted octanol–water partition coefficient (Wildman–Crippen LogP) is 4.42. The maximum absolute atomic E-state index is 3.62. The molecule has 1 aromatic heterocycles. The summed E-state index contributed by atoms with van der Waals surface area (Å²) in [5.41, 5.74) is 1.48. The third kappa shape index (κ3) is 4.67. The zero-order valence-electron chi connectivity index (χ0n) is 11.1. The minimum atomic E-state index is 0.645. The van der Waals surface area contributed by atoms with Crippen LogP contribution in [0.3, 0.4) is 0 Å². The summed E-state index contributed by atoms with van der Waals surface area (Å²) >= 11 is 1.90. The molecule has 1 N–H and O–H groups in total. The Kier molecular flexibility index (Phi) is 6.07. The summed E-state index contributed by atoms with van der Waals surface area (Å²) in [6.45, 7) is 9.99. The highest BCUT2D eigenvalue weighted by Crippen LogP contribution is 2.20. The van der Waals surface area contributed by atoms with E-state index in [1.165, 1.54) is 41.0 Å². The third-order valence-corrected chi connectivity index (χ3v) is 4.03. The average Bonchev–Trinajstić information content (AvgIpc) is 2.55. The number of aryl methyl sites for hydroxylation is 2. The van der Waals surface area contributed by atoms with Crippen LogP contribution >= 0.6 is 11.3 Å². The molecule has 1 atom stereocenters. The van der Waals surface area contributed by atoms with Gasteiger partial charge in [-0.3, -0.25) is 0 Å². The van der Waals surface area contributed by atoms with Gasteiger partial charge in [-0.15, -0.1) is 11.3 Å². The van der Waals surface area contributed by atoms with Gasteiger partial charge in [0.2, 0.25) is 0 Å². The van der Waals surface area contributed by atoms with Crippen LogP contribution in [0.25, 0.3) is 0 Å². The van der Waals surface area contributed by atoms with Crippen molar-refractivity contribution in [1.29, 1.82) is 0 Å². The third-order valence-electron chi connectivity index (χ3n) is 3.03. The molecule has 1 rings (SSSR count). The largest absolute Gasteiger partial charge is 0.310 e. The second kappa shape index (κ2) is 7.08. The van der Waals surface area contributed by atoms with Gasteiger partial charge in [0, 0.05) is 22.3 Å². The van der Waals surface area contributed by atoms with Crippen molar-refractivity contribution in [3.8, 4) is 0 Å². The normalized spacial score (nSPS) is 13.0. The average molecular weight is 239 g/mol. The molecule has 0 spiro atoms. The molecule has 0 radical (unpaired) electrons. The Labute approximate surface area is 104 Å². The fourth-order valence-electron chi connectivity index (χ4n) is 1.95. The summed E-state index contributed by atoms with van der Waals surface area (Å²) in [7, 11) is 0. The molecule has 0 aliphatic heterocycles.